The molecule has 27 heavy (non-hydrogen) atoms. The molecule has 2 aromatic rings. The molecular weight excluding hydrogens is 370 g/mol. The molecule has 2 aromatic heterocycles. The average Bonchev–Trinajstić information content (AvgIpc) is 2.52. The Hall–Kier alpha value is -2.12. The summed E-state index contributed by atoms with van der Waals surface area (Å²) in [6, 6.07) is 3.18. The van der Waals surface area contributed by atoms with Crippen LogP contribution in [0.5, 0.6) is 0 Å². The van der Waals surface area contributed by atoms with Crippen LogP contribution in [0.1, 0.15) is 66.4 Å². The van der Waals surface area contributed by atoms with E-state index in [0.29, 0.717) is 11.3 Å². The predicted molar refractivity (Wildman–Crippen MR) is 89.4 cm³/mol. The molecule has 2 heterocycles. The minimum absolute atomic E-state index is 0.0526. The van der Waals surface area contributed by atoms with Crippen molar-refractivity contribution in [2.45, 2.75) is 58.3 Å². The first-order chi connectivity index (χ1) is 12.3. The van der Waals surface area contributed by atoms with Gasteiger partial charge in [-0.1, -0.05) is 20.8 Å². The molecule has 1 atom stereocenters. The van der Waals surface area contributed by atoms with Gasteiger partial charge in [0.05, 0.1) is 22.5 Å². The monoisotopic (exact) mass is 390 g/mol. The van der Waals surface area contributed by atoms with Gasteiger partial charge in [-0.05, 0) is 43.0 Å². The molecule has 0 aliphatic rings. The Morgan fingerprint density at radius 3 is 2.00 bits per heavy atom. The van der Waals surface area contributed by atoms with Crippen LogP contribution in [-0.2, 0) is 18.8 Å². The number of aryl methyl sites for hydroxylation is 1. The van der Waals surface area contributed by atoms with Crippen LogP contribution in [0.3, 0.4) is 0 Å². The van der Waals surface area contributed by atoms with Crippen molar-refractivity contribution in [1.29, 1.82) is 0 Å². The molecule has 1 unspecified atom stereocenters. The van der Waals surface area contributed by atoms with Crippen molar-refractivity contribution in [3.05, 3.63) is 58.2 Å². The third-order valence-corrected chi connectivity index (χ3v) is 4.18. The van der Waals surface area contributed by atoms with Gasteiger partial charge in [0.15, 0.2) is 0 Å². The van der Waals surface area contributed by atoms with E-state index in [1.54, 1.807) is 20.8 Å². The fourth-order valence-corrected chi connectivity index (χ4v) is 2.92. The summed E-state index contributed by atoms with van der Waals surface area (Å²) in [6.07, 6.45) is -7.68. The van der Waals surface area contributed by atoms with Gasteiger partial charge in [-0.25, -0.2) is 0 Å². The van der Waals surface area contributed by atoms with Crippen LogP contribution in [0.2, 0.25) is 0 Å². The molecule has 0 radical (unpaired) electrons. The van der Waals surface area contributed by atoms with E-state index in [2.05, 4.69) is 9.97 Å². The highest BCUT2D eigenvalue weighted by molar-refractivity contribution is 5.32. The first kappa shape index (κ1) is 21.2. The second-order valence-corrected chi connectivity index (χ2v) is 6.94. The van der Waals surface area contributed by atoms with Crippen LogP contribution in [-0.4, -0.2) is 9.97 Å². The number of hydrogen-bond donors (Lipinski definition) is 0. The highest BCUT2D eigenvalue weighted by Crippen LogP contribution is 2.37. The Morgan fingerprint density at radius 2 is 1.48 bits per heavy atom. The predicted octanol–water partition coefficient (Wildman–Crippen LogP) is 6.29. The molecule has 0 saturated carbocycles. The zero-order chi connectivity index (χ0) is 20.6. The van der Waals surface area contributed by atoms with Crippen molar-refractivity contribution in [1.82, 2.24) is 9.97 Å². The fraction of sp³-hybridized carbons (Fsp3) is 0.474. The maximum atomic E-state index is 13.3. The Bertz CT molecular complexity index is 809. The van der Waals surface area contributed by atoms with E-state index in [-0.39, 0.29) is 17.8 Å². The van der Waals surface area contributed by atoms with Crippen molar-refractivity contribution < 1.29 is 26.3 Å². The quantitative estimate of drug-likeness (QED) is 0.573. The number of nitrogens with zero attached hydrogens (tertiary/aromatic N) is 2. The number of aromatic nitrogens is 2. The normalized spacial score (nSPS) is 13.9. The molecule has 0 aliphatic heterocycles. The molecule has 0 fully saturated rings. The highest BCUT2D eigenvalue weighted by Gasteiger charge is 2.37. The molecule has 0 aromatic carbocycles. The standard InChI is InChI=1S/C19H20F6N2/c1-10(2)16-14(18(20,21)22)6-5-13(27-16)8-12(4)17-15(19(23,24)25)7-11(3)9-26-17/h5-7,9-10,12H,8H2,1-4H3. The van der Waals surface area contributed by atoms with Gasteiger partial charge in [0.2, 0.25) is 0 Å². The summed E-state index contributed by atoms with van der Waals surface area (Å²) >= 11 is 0. The Labute approximate surface area is 153 Å². The zero-order valence-electron chi connectivity index (χ0n) is 15.3. The third-order valence-electron chi connectivity index (χ3n) is 4.18. The van der Waals surface area contributed by atoms with Crippen molar-refractivity contribution in [3.63, 3.8) is 0 Å². The summed E-state index contributed by atoms with van der Waals surface area (Å²) in [5.41, 5.74) is -1.21. The van der Waals surface area contributed by atoms with Gasteiger partial charge in [0.25, 0.3) is 0 Å². The van der Waals surface area contributed by atoms with Gasteiger partial charge in [-0.15, -0.1) is 0 Å². The first-order valence-corrected chi connectivity index (χ1v) is 8.41. The average molecular weight is 390 g/mol. The van der Waals surface area contributed by atoms with E-state index in [0.717, 1.165) is 12.1 Å². The number of hydrogen-bond acceptors (Lipinski definition) is 2. The minimum atomic E-state index is -4.56. The van der Waals surface area contributed by atoms with Crippen LogP contribution in [0.25, 0.3) is 0 Å². The molecule has 0 spiro atoms. The Kier molecular flexibility index (Phi) is 5.87. The number of pyridine rings is 2. The van der Waals surface area contributed by atoms with Gasteiger partial charge < -0.3 is 0 Å². The maximum Gasteiger partial charge on any atom is 0.418 e. The van der Waals surface area contributed by atoms with Crippen LogP contribution in [0.15, 0.2) is 24.4 Å². The molecule has 0 saturated heterocycles. The van der Waals surface area contributed by atoms with E-state index < -0.39 is 35.3 Å². The Morgan fingerprint density at radius 1 is 0.889 bits per heavy atom. The molecule has 8 heteroatoms. The van der Waals surface area contributed by atoms with Crippen LogP contribution < -0.4 is 0 Å². The van der Waals surface area contributed by atoms with Crippen molar-refractivity contribution in [3.8, 4) is 0 Å². The second-order valence-electron chi connectivity index (χ2n) is 6.94. The molecule has 2 nitrogen and oxygen atoms in total. The lowest BCUT2D eigenvalue weighted by Crippen LogP contribution is -2.16. The van der Waals surface area contributed by atoms with E-state index in [9.17, 15) is 26.3 Å². The second kappa shape index (κ2) is 7.48. The third kappa shape index (κ3) is 4.99. The van der Waals surface area contributed by atoms with Crippen molar-refractivity contribution in [2.24, 2.45) is 0 Å². The summed E-state index contributed by atoms with van der Waals surface area (Å²) in [6.45, 7) is 6.26. The molecule has 0 N–H and O–H groups in total. The Balaban J connectivity index is 2.40. The summed E-state index contributed by atoms with van der Waals surface area (Å²) in [4.78, 5) is 8.01. The lowest BCUT2D eigenvalue weighted by atomic mass is 9.94. The molecule has 148 valence electrons. The van der Waals surface area contributed by atoms with E-state index >= 15 is 0 Å². The van der Waals surface area contributed by atoms with Crippen molar-refractivity contribution >= 4 is 0 Å². The lowest BCUT2D eigenvalue weighted by Gasteiger charge is -2.19. The van der Waals surface area contributed by atoms with Gasteiger partial charge >= 0.3 is 12.4 Å². The molecular formula is C19H20F6N2. The number of alkyl halides is 6. The largest absolute Gasteiger partial charge is 0.418 e. The summed E-state index contributed by atoms with van der Waals surface area (Å²) in [5, 5.41) is 0. The van der Waals surface area contributed by atoms with Gasteiger partial charge in [-0.2, -0.15) is 26.3 Å². The topological polar surface area (TPSA) is 25.8 Å². The summed E-state index contributed by atoms with van der Waals surface area (Å²) < 4.78 is 79.2. The molecule has 0 aliphatic carbocycles. The van der Waals surface area contributed by atoms with Gasteiger partial charge in [0.1, 0.15) is 0 Å². The van der Waals surface area contributed by atoms with Gasteiger partial charge in [0, 0.05) is 17.8 Å². The SMILES string of the molecule is Cc1cnc(C(C)Cc2ccc(C(F)(F)F)c(C(C)C)n2)c(C(F)(F)F)c1. The molecule has 0 bridgehead atoms. The van der Waals surface area contributed by atoms with E-state index in [4.69, 9.17) is 0 Å². The van der Waals surface area contributed by atoms with Crippen LogP contribution in [0.4, 0.5) is 26.3 Å². The number of rotatable bonds is 4. The minimum Gasteiger partial charge on any atom is -0.260 e. The zero-order valence-corrected chi connectivity index (χ0v) is 15.3. The number of halogens is 6. The van der Waals surface area contributed by atoms with E-state index in [1.807, 2.05) is 0 Å². The van der Waals surface area contributed by atoms with E-state index in [1.165, 1.54) is 19.2 Å². The molecule has 0 amide bonds. The summed E-state index contributed by atoms with van der Waals surface area (Å²) in [5.74, 6) is -1.13. The van der Waals surface area contributed by atoms with Crippen LogP contribution in [0, 0.1) is 6.92 Å². The smallest absolute Gasteiger partial charge is 0.260 e. The highest BCUT2D eigenvalue weighted by atomic mass is 19.4. The lowest BCUT2D eigenvalue weighted by molar-refractivity contribution is -0.139. The summed E-state index contributed by atoms with van der Waals surface area (Å²) in [7, 11) is 0. The van der Waals surface area contributed by atoms with Gasteiger partial charge in [-0.3, -0.25) is 9.97 Å². The van der Waals surface area contributed by atoms with Crippen molar-refractivity contribution in [2.75, 3.05) is 0 Å². The fourth-order valence-electron chi connectivity index (χ4n) is 2.92. The van der Waals surface area contributed by atoms with Crippen LogP contribution >= 0.6 is 0 Å². The maximum absolute atomic E-state index is 13.3. The molecule has 2 rings (SSSR count). The first-order valence-electron chi connectivity index (χ1n) is 8.41.